The number of aryl methyl sites for hydroxylation is 1. The quantitative estimate of drug-likeness (QED) is 0.613. The van der Waals surface area contributed by atoms with Gasteiger partial charge in [0, 0.05) is 12.1 Å². The van der Waals surface area contributed by atoms with Gasteiger partial charge in [-0.15, -0.1) is 0 Å². The third kappa shape index (κ3) is 4.08. The molecule has 1 aromatic carbocycles. The molecule has 1 fully saturated rings. The lowest BCUT2D eigenvalue weighted by Gasteiger charge is -2.31. The van der Waals surface area contributed by atoms with Gasteiger partial charge in [0.15, 0.2) is 0 Å². The minimum absolute atomic E-state index is 0.00287. The Morgan fingerprint density at radius 3 is 2.57 bits per heavy atom. The van der Waals surface area contributed by atoms with Gasteiger partial charge in [0.1, 0.15) is 6.54 Å². The lowest BCUT2D eigenvalue weighted by atomic mass is 10.2. The number of nitro benzene ring substituents is 1. The Bertz CT molecular complexity index is 728. The molecule has 1 aliphatic heterocycles. The Labute approximate surface area is 140 Å². The number of non-ortho nitro benzene ring substituents is 1. The fourth-order valence-electron chi connectivity index (χ4n) is 2.61. The molecule has 1 saturated heterocycles. The first-order valence-corrected chi connectivity index (χ1v) is 8.95. The Hall–Kier alpha value is -1.48. The Morgan fingerprint density at radius 2 is 2.04 bits per heavy atom. The fourth-order valence-corrected chi connectivity index (χ4v) is 4.49. The molecule has 0 bridgehead atoms. The summed E-state index contributed by atoms with van der Waals surface area (Å²) in [5, 5.41) is 11.4. The summed E-state index contributed by atoms with van der Waals surface area (Å²) in [5.41, 5.74) is 0.274. The van der Waals surface area contributed by atoms with E-state index >= 15 is 0 Å². The molecule has 0 spiro atoms. The average molecular weight is 361 g/mol. The van der Waals surface area contributed by atoms with Crippen LogP contribution in [0.5, 0.6) is 0 Å². The summed E-state index contributed by atoms with van der Waals surface area (Å²) in [4.78, 5) is 11.5. The minimum atomic E-state index is -3.74. The summed E-state index contributed by atoms with van der Waals surface area (Å²) in [6.07, 6.45) is 0. The molecule has 126 valence electrons. The van der Waals surface area contributed by atoms with Crippen LogP contribution < -0.4 is 4.90 Å². The van der Waals surface area contributed by atoms with E-state index < -0.39 is 14.9 Å². The van der Waals surface area contributed by atoms with Crippen LogP contribution >= 0.6 is 11.6 Å². The predicted molar refractivity (Wildman–Crippen MR) is 87.1 cm³/mol. The number of quaternary nitrogens is 1. The number of nitrogens with zero attached hydrogens (tertiary/aromatic N) is 2. The van der Waals surface area contributed by atoms with Crippen LogP contribution in [0.25, 0.3) is 0 Å². The van der Waals surface area contributed by atoms with Crippen molar-refractivity contribution in [3.8, 4) is 0 Å². The van der Waals surface area contributed by atoms with Crippen molar-refractivity contribution in [1.82, 2.24) is 4.31 Å². The van der Waals surface area contributed by atoms with Crippen molar-refractivity contribution >= 4 is 27.3 Å². The molecule has 0 aliphatic carbocycles. The molecular formula is C14H19ClN3O4S+. The Morgan fingerprint density at radius 1 is 1.43 bits per heavy atom. The normalized spacial score (nSPS) is 17.1. The standard InChI is InChI=1S/C14H18ClN3O4S/c1-11-3-4-13(18(19)20)9-14(11)23(21,22)17-7-5-16(6-8-17)10-12(2)15/h3-4,9H,2,5-8,10H2,1H3/p+1. The summed E-state index contributed by atoms with van der Waals surface area (Å²) >= 11 is 5.79. The maximum Gasteiger partial charge on any atom is 0.270 e. The highest BCUT2D eigenvalue weighted by Crippen LogP contribution is 2.24. The first-order chi connectivity index (χ1) is 10.7. The van der Waals surface area contributed by atoms with Crippen LogP contribution in [0.1, 0.15) is 5.56 Å². The van der Waals surface area contributed by atoms with Crippen molar-refractivity contribution in [2.45, 2.75) is 11.8 Å². The molecule has 0 unspecified atom stereocenters. The predicted octanol–water partition coefficient (Wildman–Crippen LogP) is 0.545. The van der Waals surface area contributed by atoms with E-state index in [1.165, 1.54) is 21.3 Å². The van der Waals surface area contributed by atoms with Gasteiger partial charge < -0.3 is 4.90 Å². The van der Waals surface area contributed by atoms with Crippen LogP contribution in [-0.4, -0.2) is 50.4 Å². The Balaban J connectivity index is 2.21. The number of nitro groups is 1. The van der Waals surface area contributed by atoms with Crippen molar-refractivity contribution < 1.29 is 18.2 Å². The summed E-state index contributed by atoms with van der Waals surface area (Å²) in [7, 11) is -3.74. The summed E-state index contributed by atoms with van der Waals surface area (Å²) in [6, 6.07) is 3.90. The number of hydrogen-bond donors (Lipinski definition) is 1. The van der Waals surface area contributed by atoms with E-state index in [9.17, 15) is 18.5 Å². The highest BCUT2D eigenvalue weighted by molar-refractivity contribution is 7.89. The van der Waals surface area contributed by atoms with Gasteiger partial charge in [0.25, 0.3) is 5.69 Å². The monoisotopic (exact) mass is 360 g/mol. The maximum atomic E-state index is 12.8. The highest BCUT2D eigenvalue weighted by Gasteiger charge is 2.32. The first-order valence-electron chi connectivity index (χ1n) is 7.14. The SMILES string of the molecule is C=C(Cl)C[NH+]1CCN(S(=O)(=O)c2cc([N+](=O)[O-])ccc2C)CC1. The number of halogens is 1. The van der Waals surface area contributed by atoms with Crippen LogP contribution in [0.15, 0.2) is 34.7 Å². The zero-order valence-corrected chi connectivity index (χ0v) is 14.4. The van der Waals surface area contributed by atoms with Crippen molar-refractivity contribution in [3.05, 3.63) is 45.5 Å². The lowest BCUT2D eigenvalue weighted by Crippen LogP contribution is -3.14. The first kappa shape index (κ1) is 17.9. The van der Waals surface area contributed by atoms with Crippen LogP contribution in [0, 0.1) is 17.0 Å². The number of hydrogen-bond acceptors (Lipinski definition) is 4. The summed E-state index contributed by atoms with van der Waals surface area (Å²) in [5.74, 6) is 0. The van der Waals surface area contributed by atoms with E-state index in [0.717, 1.165) is 6.07 Å². The molecule has 1 N–H and O–H groups in total. The molecular weight excluding hydrogens is 342 g/mol. The second-order valence-electron chi connectivity index (χ2n) is 5.56. The lowest BCUT2D eigenvalue weighted by molar-refractivity contribution is -0.898. The van der Waals surface area contributed by atoms with Gasteiger partial charge in [-0.05, 0) is 12.5 Å². The van der Waals surface area contributed by atoms with E-state index in [-0.39, 0.29) is 10.6 Å². The molecule has 9 heteroatoms. The van der Waals surface area contributed by atoms with Crippen molar-refractivity contribution in [1.29, 1.82) is 0 Å². The third-order valence-corrected chi connectivity index (χ3v) is 6.05. The van der Waals surface area contributed by atoms with E-state index in [4.69, 9.17) is 11.6 Å². The van der Waals surface area contributed by atoms with Gasteiger partial charge in [0.05, 0.1) is 41.0 Å². The van der Waals surface area contributed by atoms with Crippen LogP contribution in [0.2, 0.25) is 0 Å². The van der Waals surface area contributed by atoms with Crippen LogP contribution in [0.3, 0.4) is 0 Å². The minimum Gasteiger partial charge on any atom is -0.328 e. The summed E-state index contributed by atoms with van der Waals surface area (Å²) in [6.45, 7) is 7.84. The highest BCUT2D eigenvalue weighted by atomic mass is 35.5. The number of nitrogens with one attached hydrogen (secondary N) is 1. The van der Waals surface area contributed by atoms with Crippen molar-refractivity contribution in [3.63, 3.8) is 0 Å². The van der Waals surface area contributed by atoms with Gasteiger partial charge in [0.2, 0.25) is 10.0 Å². The zero-order chi connectivity index (χ0) is 17.2. The molecule has 2 rings (SSSR count). The number of benzene rings is 1. The third-order valence-electron chi connectivity index (χ3n) is 3.87. The van der Waals surface area contributed by atoms with Gasteiger partial charge in [-0.3, -0.25) is 10.1 Å². The molecule has 0 aromatic heterocycles. The maximum absolute atomic E-state index is 12.8. The molecule has 0 atom stereocenters. The number of rotatable bonds is 5. The molecule has 1 aliphatic rings. The molecule has 0 amide bonds. The molecule has 0 radical (unpaired) electrons. The van der Waals surface area contributed by atoms with Crippen molar-refractivity contribution in [2.75, 3.05) is 32.7 Å². The van der Waals surface area contributed by atoms with Gasteiger partial charge >= 0.3 is 0 Å². The van der Waals surface area contributed by atoms with Gasteiger partial charge in [-0.25, -0.2) is 8.42 Å². The molecule has 23 heavy (non-hydrogen) atoms. The molecule has 1 heterocycles. The number of piperazine rings is 1. The van der Waals surface area contributed by atoms with Gasteiger partial charge in [-0.2, -0.15) is 4.31 Å². The van der Waals surface area contributed by atoms with E-state index in [2.05, 4.69) is 6.58 Å². The topological polar surface area (TPSA) is 85.0 Å². The van der Waals surface area contributed by atoms with E-state index in [1.54, 1.807) is 6.92 Å². The second-order valence-corrected chi connectivity index (χ2v) is 8.00. The molecule has 1 aromatic rings. The largest absolute Gasteiger partial charge is 0.328 e. The second kappa shape index (κ2) is 6.96. The average Bonchev–Trinajstić information content (AvgIpc) is 2.47. The molecule has 0 saturated carbocycles. The van der Waals surface area contributed by atoms with E-state index in [0.29, 0.717) is 43.3 Å². The van der Waals surface area contributed by atoms with E-state index in [1.807, 2.05) is 0 Å². The fraction of sp³-hybridized carbons (Fsp3) is 0.429. The Kier molecular flexibility index (Phi) is 5.41. The van der Waals surface area contributed by atoms with Gasteiger partial charge in [-0.1, -0.05) is 24.2 Å². The van der Waals surface area contributed by atoms with Crippen molar-refractivity contribution in [2.24, 2.45) is 0 Å². The molecule has 7 nitrogen and oxygen atoms in total. The summed E-state index contributed by atoms with van der Waals surface area (Å²) < 4.78 is 26.9. The number of sulfonamides is 1. The zero-order valence-electron chi connectivity index (χ0n) is 12.8. The van der Waals surface area contributed by atoms with Crippen LogP contribution in [0.4, 0.5) is 5.69 Å². The smallest absolute Gasteiger partial charge is 0.270 e. The van der Waals surface area contributed by atoms with Crippen LogP contribution in [-0.2, 0) is 10.0 Å².